The highest BCUT2D eigenvalue weighted by atomic mass is 19.1. The molecular weight excluding hydrogens is 464 g/mol. The molecular formula is C26H27F2N7O. The van der Waals surface area contributed by atoms with Gasteiger partial charge in [0.05, 0.1) is 18.3 Å². The lowest BCUT2D eigenvalue weighted by Gasteiger charge is -2.31. The predicted octanol–water partition coefficient (Wildman–Crippen LogP) is 4.69. The van der Waals surface area contributed by atoms with Gasteiger partial charge in [0.2, 0.25) is 5.95 Å². The number of hydrogen-bond donors (Lipinski definition) is 0. The van der Waals surface area contributed by atoms with Gasteiger partial charge in [-0.15, -0.1) is 0 Å². The fourth-order valence-electron chi connectivity index (χ4n) is 5.29. The Morgan fingerprint density at radius 1 is 1.06 bits per heavy atom. The average Bonchev–Trinajstić information content (AvgIpc) is 3.48. The molecule has 0 radical (unpaired) electrons. The van der Waals surface area contributed by atoms with Crippen molar-refractivity contribution in [1.82, 2.24) is 29.3 Å². The summed E-state index contributed by atoms with van der Waals surface area (Å²) >= 11 is 0. The number of fused-ring (bicyclic) bond motifs is 1. The summed E-state index contributed by atoms with van der Waals surface area (Å²) < 4.78 is 38.8. The molecule has 7 rings (SSSR count). The highest BCUT2D eigenvalue weighted by Gasteiger charge is 2.32. The monoisotopic (exact) mass is 491 g/mol. The second-order valence-electron chi connectivity index (χ2n) is 10.1. The number of aromatic nitrogens is 6. The van der Waals surface area contributed by atoms with Crippen molar-refractivity contribution in [2.75, 3.05) is 24.6 Å². The molecule has 8 nitrogen and oxygen atoms in total. The van der Waals surface area contributed by atoms with E-state index in [1.54, 1.807) is 0 Å². The maximum absolute atomic E-state index is 15.0. The lowest BCUT2D eigenvalue weighted by molar-refractivity contribution is 0.00396. The molecule has 1 aliphatic carbocycles. The zero-order valence-electron chi connectivity index (χ0n) is 20.1. The minimum absolute atomic E-state index is 0.0224. The van der Waals surface area contributed by atoms with Crippen LogP contribution in [0.1, 0.15) is 61.6 Å². The third-order valence-corrected chi connectivity index (χ3v) is 7.61. The van der Waals surface area contributed by atoms with E-state index in [1.807, 2.05) is 22.5 Å². The van der Waals surface area contributed by atoms with Crippen LogP contribution >= 0.6 is 0 Å². The number of aryl methyl sites for hydroxylation is 1. The summed E-state index contributed by atoms with van der Waals surface area (Å²) in [5.74, 6) is 0.174. The van der Waals surface area contributed by atoms with Crippen molar-refractivity contribution in [2.24, 2.45) is 7.05 Å². The van der Waals surface area contributed by atoms with E-state index in [9.17, 15) is 8.78 Å². The third-order valence-electron chi connectivity index (χ3n) is 7.61. The van der Waals surface area contributed by atoms with Gasteiger partial charge in [-0.05, 0) is 44.2 Å². The molecule has 0 amide bonds. The summed E-state index contributed by atoms with van der Waals surface area (Å²) in [5.41, 5.74) is 2.94. The van der Waals surface area contributed by atoms with E-state index in [1.165, 1.54) is 25.0 Å². The van der Waals surface area contributed by atoms with Crippen molar-refractivity contribution in [2.45, 2.75) is 50.2 Å². The average molecular weight is 492 g/mol. The SMILES string of the molecule is Cn1c(N2CCC2)nc2nc([C@H]3CCO[C@H](c4cnn(C5CC5)c4)C3)nc(-c3ccc(F)cc3F)c21. The van der Waals surface area contributed by atoms with Crippen molar-refractivity contribution in [3.8, 4) is 11.3 Å². The Balaban J connectivity index is 1.30. The van der Waals surface area contributed by atoms with Gasteiger partial charge in [-0.25, -0.2) is 18.7 Å². The number of rotatable bonds is 5. The summed E-state index contributed by atoms with van der Waals surface area (Å²) in [6.45, 7) is 2.43. The molecule has 2 aliphatic heterocycles. The van der Waals surface area contributed by atoms with Gasteiger partial charge in [0.25, 0.3) is 0 Å². The van der Waals surface area contributed by atoms with E-state index in [2.05, 4.69) is 16.2 Å². The van der Waals surface area contributed by atoms with E-state index in [0.717, 1.165) is 43.5 Å². The summed E-state index contributed by atoms with van der Waals surface area (Å²) in [6.07, 6.45) is 8.82. The molecule has 3 aromatic heterocycles. The Hall–Kier alpha value is -3.40. The highest BCUT2D eigenvalue weighted by Crippen LogP contribution is 2.40. The van der Waals surface area contributed by atoms with Crippen LogP contribution in [0.4, 0.5) is 14.7 Å². The number of benzene rings is 1. The Kier molecular flexibility index (Phi) is 5.06. The van der Waals surface area contributed by atoms with Crippen molar-refractivity contribution in [3.05, 3.63) is 53.6 Å². The largest absolute Gasteiger partial charge is 0.373 e. The lowest BCUT2D eigenvalue weighted by atomic mass is 9.92. The minimum Gasteiger partial charge on any atom is -0.373 e. The van der Waals surface area contributed by atoms with Crippen LogP contribution in [0, 0.1) is 11.6 Å². The molecule has 186 valence electrons. The lowest BCUT2D eigenvalue weighted by Crippen LogP contribution is -2.38. The van der Waals surface area contributed by atoms with E-state index in [-0.39, 0.29) is 17.6 Å². The summed E-state index contributed by atoms with van der Waals surface area (Å²) in [5, 5.41) is 4.52. The van der Waals surface area contributed by atoms with Crippen LogP contribution in [0.3, 0.4) is 0 Å². The number of halogens is 2. The maximum atomic E-state index is 15.0. The van der Waals surface area contributed by atoms with Crippen LogP contribution in [0.5, 0.6) is 0 Å². The Morgan fingerprint density at radius 3 is 2.67 bits per heavy atom. The number of anilines is 1. The molecule has 2 atom stereocenters. The number of hydrogen-bond acceptors (Lipinski definition) is 6. The standard InChI is InChI=1S/C26H27F2N7O/c1-33-23-22(19-6-3-17(27)12-20(19)28)30-24(31-25(23)32-26(33)34-8-2-9-34)15-7-10-36-21(11-15)16-13-29-35(14-16)18-4-5-18/h3,6,12-15,18,21H,2,4-5,7-11H2,1H3/t15-,21-/m0/s1. The van der Waals surface area contributed by atoms with E-state index < -0.39 is 11.6 Å². The van der Waals surface area contributed by atoms with Gasteiger partial charge in [-0.2, -0.15) is 10.1 Å². The first kappa shape index (κ1) is 21.8. The molecule has 3 fully saturated rings. The first-order chi connectivity index (χ1) is 17.5. The Labute approximate surface area is 206 Å². The summed E-state index contributed by atoms with van der Waals surface area (Å²) in [6, 6.07) is 4.13. The minimum atomic E-state index is -0.648. The van der Waals surface area contributed by atoms with Gasteiger partial charge >= 0.3 is 0 Å². The zero-order valence-corrected chi connectivity index (χ0v) is 20.1. The van der Waals surface area contributed by atoms with Crippen molar-refractivity contribution >= 4 is 17.1 Å². The normalized spacial score (nSPS) is 22.2. The van der Waals surface area contributed by atoms with Crippen molar-refractivity contribution < 1.29 is 13.5 Å². The van der Waals surface area contributed by atoms with Gasteiger partial charge in [-0.3, -0.25) is 4.68 Å². The molecule has 36 heavy (non-hydrogen) atoms. The molecule has 0 bridgehead atoms. The predicted molar refractivity (Wildman–Crippen MR) is 130 cm³/mol. The van der Waals surface area contributed by atoms with Crippen LogP contribution in [0.25, 0.3) is 22.4 Å². The van der Waals surface area contributed by atoms with Gasteiger partial charge in [0, 0.05) is 56.1 Å². The molecule has 0 N–H and O–H groups in total. The first-order valence-electron chi connectivity index (χ1n) is 12.7. The second-order valence-corrected chi connectivity index (χ2v) is 10.1. The van der Waals surface area contributed by atoms with Crippen molar-refractivity contribution in [3.63, 3.8) is 0 Å². The fraction of sp³-hybridized carbons (Fsp3) is 0.462. The number of ether oxygens (including phenoxy) is 1. The quantitative estimate of drug-likeness (QED) is 0.404. The third kappa shape index (κ3) is 3.66. The molecule has 1 aromatic carbocycles. The summed E-state index contributed by atoms with van der Waals surface area (Å²) in [7, 11) is 1.90. The molecule has 0 unspecified atom stereocenters. The summed E-state index contributed by atoms with van der Waals surface area (Å²) in [4.78, 5) is 16.8. The molecule has 2 saturated heterocycles. The zero-order chi connectivity index (χ0) is 24.4. The van der Waals surface area contributed by atoms with Crippen LogP contribution in [0.15, 0.2) is 30.6 Å². The van der Waals surface area contributed by atoms with Crippen molar-refractivity contribution in [1.29, 1.82) is 0 Å². The molecule has 5 heterocycles. The van der Waals surface area contributed by atoms with Crippen LogP contribution < -0.4 is 4.90 Å². The maximum Gasteiger partial charge on any atom is 0.207 e. The van der Waals surface area contributed by atoms with Crippen LogP contribution in [-0.2, 0) is 11.8 Å². The fourth-order valence-corrected chi connectivity index (χ4v) is 5.29. The van der Waals surface area contributed by atoms with Gasteiger partial charge in [0.15, 0.2) is 5.65 Å². The highest BCUT2D eigenvalue weighted by molar-refractivity contribution is 5.89. The Bertz CT molecular complexity index is 1460. The molecule has 0 spiro atoms. The molecule has 4 aromatic rings. The smallest absolute Gasteiger partial charge is 0.207 e. The van der Waals surface area contributed by atoms with Crippen LogP contribution in [0.2, 0.25) is 0 Å². The molecule has 10 heteroatoms. The van der Waals surface area contributed by atoms with Gasteiger partial charge < -0.3 is 14.2 Å². The van der Waals surface area contributed by atoms with E-state index in [0.29, 0.717) is 41.8 Å². The first-order valence-corrected chi connectivity index (χ1v) is 12.7. The topological polar surface area (TPSA) is 73.9 Å². The molecule has 3 aliphatic rings. The van der Waals surface area contributed by atoms with E-state index >= 15 is 0 Å². The van der Waals surface area contributed by atoms with Gasteiger partial charge in [0.1, 0.15) is 28.7 Å². The van der Waals surface area contributed by atoms with Crippen LogP contribution in [-0.4, -0.2) is 49.0 Å². The van der Waals surface area contributed by atoms with E-state index in [4.69, 9.17) is 19.7 Å². The van der Waals surface area contributed by atoms with Gasteiger partial charge in [-0.1, -0.05) is 0 Å². The Morgan fingerprint density at radius 2 is 1.92 bits per heavy atom. The molecule has 1 saturated carbocycles. The number of nitrogens with zero attached hydrogens (tertiary/aromatic N) is 7. The second kappa shape index (κ2) is 8.33. The number of imidazole rings is 1.